The molecule has 0 aromatic carbocycles. The monoisotopic (exact) mass is 243 g/mol. The first kappa shape index (κ1) is 15.9. The Morgan fingerprint density at radius 2 is 1.71 bits per heavy atom. The number of amides is 2. The van der Waals surface area contributed by atoms with Crippen molar-refractivity contribution in [3.63, 3.8) is 0 Å². The molecule has 0 rings (SSSR count). The van der Waals surface area contributed by atoms with Crippen molar-refractivity contribution in [1.82, 2.24) is 16.0 Å². The molecule has 1 unspecified atom stereocenters. The van der Waals surface area contributed by atoms with Crippen LogP contribution in [0, 0.1) is 0 Å². The van der Waals surface area contributed by atoms with Crippen molar-refractivity contribution < 1.29 is 9.59 Å². The lowest BCUT2D eigenvalue weighted by atomic mass is 10.2. The van der Waals surface area contributed by atoms with Crippen LogP contribution in [0.5, 0.6) is 0 Å². The zero-order valence-electron chi connectivity index (χ0n) is 11.1. The highest BCUT2D eigenvalue weighted by Gasteiger charge is 2.06. The summed E-state index contributed by atoms with van der Waals surface area (Å²) < 4.78 is 0. The molecule has 5 nitrogen and oxygen atoms in total. The van der Waals surface area contributed by atoms with Gasteiger partial charge in [-0.1, -0.05) is 13.8 Å². The van der Waals surface area contributed by atoms with E-state index >= 15 is 0 Å². The molecule has 0 heterocycles. The molecular weight excluding hydrogens is 218 g/mol. The minimum absolute atomic E-state index is 0.00802. The summed E-state index contributed by atoms with van der Waals surface area (Å²) in [4.78, 5) is 22.7. The second kappa shape index (κ2) is 10.1. The molecule has 0 aliphatic rings. The molecule has 0 radical (unpaired) electrons. The molecule has 17 heavy (non-hydrogen) atoms. The molecule has 100 valence electrons. The van der Waals surface area contributed by atoms with Crippen LogP contribution in [0.1, 0.15) is 40.0 Å². The molecule has 0 fully saturated rings. The fraction of sp³-hybridized carbons (Fsp3) is 0.833. The number of nitrogens with one attached hydrogen (secondary N) is 3. The minimum Gasteiger partial charge on any atom is -0.356 e. The second-order valence-corrected chi connectivity index (χ2v) is 4.08. The normalized spacial score (nSPS) is 11.9. The topological polar surface area (TPSA) is 70.2 Å². The number of hydrogen-bond donors (Lipinski definition) is 3. The first-order valence-electron chi connectivity index (χ1n) is 6.36. The van der Waals surface area contributed by atoms with Gasteiger partial charge in [-0.05, 0) is 19.9 Å². The molecule has 0 bridgehead atoms. The third-order valence-electron chi connectivity index (χ3n) is 2.47. The molecule has 0 aliphatic carbocycles. The van der Waals surface area contributed by atoms with Crippen LogP contribution in [-0.4, -0.2) is 37.5 Å². The predicted octanol–water partition coefficient (Wildman–Crippen LogP) is 0.407. The summed E-state index contributed by atoms with van der Waals surface area (Å²) in [6.07, 6.45) is 1.72. The van der Waals surface area contributed by atoms with Crippen LogP contribution in [0.25, 0.3) is 0 Å². The molecule has 0 spiro atoms. The highest BCUT2D eigenvalue weighted by atomic mass is 16.2. The first-order chi connectivity index (χ1) is 8.10. The van der Waals surface area contributed by atoms with E-state index in [0.29, 0.717) is 25.9 Å². The van der Waals surface area contributed by atoms with Crippen LogP contribution in [0.3, 0.4) is 0 Å². The van der Waals surface area contributed by atoms with Crippen molar-refractivity contribution in [3.05, 3.63) is 0 Å². The van der Waals surface area contributed by atoms with Crippen LogP contribution in [-0.2, 0) is 9.59 Å². The maximum atomic E-state index is 11.4. The Morgan fingerprint density at radius 1 is 1.06 bits per heavy atom. The molecule has 5 heteroatoms. The lowest BCUT2D eigenvalue weighted by Gasteiger charge is -2.11. The minimum atomic E-state index is -0.0118. The Labute approximate surface area is 104 Å². The van der Waals surface area contributed by atoms with E-state index in [0.717, 1.165) is 13.0 Å². The summed E-state index contributed by atoms with van der Waals surface area (Å²) in [6, 6.07) is 0.201. The quantitative estimate of drug-likeness (QED) is 0.514. The molecule has 0 aromatic heterocycles. The van der Waals surface area contributed by atoms with Crippen LogP contribution in [0.15, 0.2) is 0 Å². The van der Waals surface area contributed by atoms with E-state index in [4.69, 9.17) is 0 Å². The summed E-state index contributed by atoms with van der Waals surface area (Å²) >= 11 is 0. The molecule has 0 saturated heterocycles. The standard InChI is InChI=1S/C12H25N3O2/c1-4-10(3)15-12(17)7-9-14-11(16)6-8-13-5-2/h10,13H,4-9H2,1-3H3,(H,14,16)(H,15,17). The SMILES string of the molecule is CCNCCC(=O)NCCC(=O)NC(C)CC. The zero-order chi connectivity index (χ0) is 13.1. The van der Waals surface area contributed by atoms with Gasteiger partial charge in [-0.25, -0.2) is 0 Å². The average molecular weight is 243 g/mol. The summed E-state index contributed by atoms with van der Waals surface area (Å²) in [7, 11) is 0. The Bertz CT molecular complexity index is 232. The Balaban J connectivity index is 3.49. The molecule has 1 atom stereocenters. The second-order valence-electron chi connectivity index (χ2n) is 4.08. The molecule has 2 amide bonds. The first-order valence-corrected chi connectivity index (χ1v) is 6.36. The molecular formula is C12H25N3O2. The molecule has 0 aliphatic heterocycles. The number of rotatable bonds is 9. The summed E-state index contributed by atoms with van der Waals surface area (Å²) in [5.41, 5.74) is 0. The van der Waals surface area contributed by atoms with Gasteiger partial charge in [-0.15, -0.1) is 0 Å². The van der Waals surface area contributed by atoms with Crippen molar-refractivity contribution in [3.8, 4) is 0 Å². The number of hydrogen-bond acceptors (Lipinski definition) is 3. The van der Waals surface area contributed by atoms with Gasteiger partial charge < -0.3 is 16.0 Å². The molecule has 0 saturated carbocycles. The largest absolute Gasteiger partial charge is 0.356 e. The van der Waals surface area contributed by atoms with E-state index in [1.807, 2.05) is 20.8 Å². The van der Waals surface area contributed by atoms with Crippen molar-refractivity contribution in [2.45, 2.75) is 46.1 Å². The smallest absolute Gasteiger partial charge is 0.221 e. The van der Waals surface area contributed by atoms with Crippen LogP contribution < -0.4 is 16.0 Å². The lowest BCUT2D eigenvalue weighted by molar-refractivity contribution is -0.122. The van der Waals surface area contributed by atoms with E-state index in [-0.39, 0.29) is 17.9 Å². The lowest BCUT2D eigenvalue weighted by Crippen LogP contribution is -2.35. The zero-order valence-corrected chi connectivity index (χ0v) is 11.1. The van der Waals surface area contributed by atoms with E-state index in [1.54, 1.807) is 0 Å². The van der Waals surface area contributed by atoms with Gasteiger partial charge in [-0.3, -0.25) is 9.59 Å². The number of carbonyl (C=O) groups excluding carboxylic acids is 2. The molecule has 3 N–H and O–H groups in total. The van der Waals surface area contributed by atoms with Crippen LogP contribution in [0.2, 0.25) is 0 Å². The highest BCUT2D eigenvalue weighted by molar-refractivity contribution is 5.79. The summed E-state index contributed by atoms with van der Waals surface area (Å²) in [6.45, 7) is 7.94. The van der Waals surface area contributed by atoms with Gasteiger partial charge in [0.25, 0.3) is 0 Å². The van der Waals surface area contributed by atoms with E-state index in [1.165, 1.54) is 0 Å². The predicted molar refractivity (Wildman–Crippen MR) is 68.7 cm³/mol. The van der Waals surface area contributed by atoms with Gasteiger partial charge in [0.05, 0.1) is 0 Å². The van der Waals surface area contributed by atoms with Gasteiger partial charge in [-0.2, -0.15) is 0 Å². The van der Waals surface area contributed by atoms with Crippen molar-refractivity contribution >= 4 is 11.8 Å². The fourth-order valence-corrected chi connectivity index (χ4v) is 1.23. The average Bonchev–Trinajstić information content (AvgIpc) is 2.29. The van der Waals surface area contributed by atoms with Gasteiger partial charge in [0.15, 0.2) is 0 Å². The van der Waals surface area contributed by atoms with E-state index in [2.05, 4.69) is 16.0 Å². The highest BCUT2D eigenvalue weighted by Crippen LogP contribution is 1.89. The third kappa shape index (κ3) is 9.81. The third-order valence-corrected chi connectivity index (χ3v) is 2.47. The fourth-order valence-electron chi connectivity index (χ4n) is 1.23. The Morgan fingerprint density at radius 3 is 2.29 bits per heavy atom. The van der Waals surface area contributed by atoms with Crippen molar-refractivity contribution in [1.29, 1.82) is 0 Å². The maximum absolute atomic E-state index is 11.4. The van der Waals surface area contributed by atoms with Gasteiger partial charge >= 0.3 is 0 Å². The Kier molecular flexibility index (Phi) is 9.43. The van der Waals surface area contributed by atoms with Crippen molar-refractivity contribution in [2.75, 3.05) is 19.6 Å². The maximum Gasteiger partial charge on any atom is 0.221 e. The number of carbonyl (C=O) groups is 2. The Hall–Kier alpha value is -1.10. The van der Waals surface area contributed by atoms with Crippen molar-refractivity contribution in [2.24, 2.45) is 0 Å². The van der Waals surface area contributed by atoms with E-state index < -0.39 is 0 Å². The van der Waals surface area contributed by atoms with Crippen LogP contribution >= 0.6 is 0 Å². The molecule has 0 aromatic rings. The van der Waals surface area contributed by atoms with Gasteiger partial charge in [0, 0.05) is 32.0 Å². The van der Waals surface area contributed by atoms with Gasteiger partial charge in [0.1, 0.15) is 0 Å². The summed E-state index contributed by atoms with van der Waals surface area (Å²) in [5, 5.41) is 8.65. The summed E-state index contributed by atoms with van der Waals surface area (Å²) in [5.74, 6) is -0.0198. The van der Waals surface area contributed by atoms with E-state index in [9.17, 15) is 9.59 Å². The van der Waals surface area contributed by atoms with Gasteiger partial charge in [0.2, 0.25) is 11.8 Å². The van der Waals surface area contributed by atoms with Crippen LogP contribution in [0.4, 0.5) is 0 Å².